The Labute approximate surface area is 294 Å². The van der Waals surface area contributed by atoms with Crippen LogP contribution in [0.2, 0.25) is 0 Å². The van der Waals surface area contributed by atoms with Crippen LogP contribution in [-0.4, -0.2) is 105 Å². The van der Waals surface area contributed by atoms with Crippen LogP contribution in [-0.2, 0) is 45.0 Å². The van der Waals surface area contributed by atoms with E-state index in [-0.39, 0.29) is 56.3 Å². The molecule has 5 N–H and O–H groups in total. The summed E-state index contributed by atoms with van der Waals surface area (Å²) in [6.45, 7) is 15.2. The number of aryl methyl sites for hydroxylation is 1. The number of nitrogens with one attached hydrogen (secondary N) is 4. The Morgan fingerprint density at radius 2 is 1.59 bits per heavy atom. The van der Waals surface area contributed by atoms with Crippen LogP contribution in [0.5, 0.6) is 0 Å². The third-order valence-electron chi connectivity index (χ3n) is 7.21. The van der Waals surface area contributed by atoms with Crippen LogP contribution >= 0.6 is 11.3 Å². The second-order valence-corrected chi connectivity index (χ2v) is 16.4. The zero-order valence-electron chi connectivity index (χ0n) is 30.2. The summed E-state index contributed by atoms with van der Waals surface area (Å²) in [5.41, 5.74) is 0.745. The molecule has 5 atom stereocenters. The Kier molecular flexibility index (Phi) is 19.9. The van der Waals surface area contributed by atoms with Gasteiger partial charge in [0, 0.05) is 30.6 Å². The lowest BCUT2D eigenvalue weighted by atomic mass is 9.91. The van der Waals surface area contributed by atoms with Gasteiger partial charge in [-0.3, -0.25) is 14.4 Å². The molecule has 0 saturated carbocycles. The highest BCUT2D eigenvalue weighted by Crippen LogP contribution is 2.17. The van der Waals surface area contributed by atoms with Crippen LogP contribution in [0.25, 0.3) is 0 Å². The minimum absolute atomic E-state index is 0.00421. The fourth-order valence-electron chi connectivity index (χ4n) is 4.58. The summed E-state index contributed by atoms with van der Waals surface area (Å²) in [7, 11) is -2.59. The van der Waals surface area contributed by atoms with E-state index in [9.17, 15) is 32.7 Å². The van der Waals surface area contributed by atoms with Crippen molar-refractivity contribution in [3.8, 4) is 0 Å². The van der Waals surface area contributed by atoms with E-state index >= 15 is 0 Å². The average Bonchev–Trinajstić information content (AvgIpc) is 3.43. The van der Waals surface area contributed by atoms with Crippen molar-refractivity contribution < 1.29 is 46.9 Å². The maximum Gasteiger partial charge on any atom is 0.408 e. The van der Waals surface area contributed by atoms with Crippen molar-refractivity contribution in [2.45, 2.75) is 99.1 Å². The first kappa shape index (κ1) is 44.2. The summed E-state index contributed by atoms with van der Waals surface area (Å²) in [6, 6.07) is -3.28. The van der Waals surface area contributed by atoms with Gasteiger partial charge in [0.15, 0.2) is 9.84 Å². The maximum absolute atomic E-state index is 13.6. The molecule has 0 aliphatic carbocycles. The predicted octanol–water partition coefficient (Wildman–Crippen LogP) is 1.91. The number of rotatable bonds is 23. The average molecular weight is 736 g/mol. The third kappa shape index (κ3) is 18.1. The second kappa shape index (κ2) is 22.1. The van der Waals surface area contributed by atoms with Crippen LogP contribution in [0.15, 0.2) is 5.38 Å². The van der Waals surface area contributed by atoms with E-state index < -0.39 is 69.6 Å². The zero-order valence-corrected chi connectivity index (χ0v) is 31.9. The van der Waals surface area contributed by atoms with E-state index in [0.29, 0.717) is 11.6 Å². The molecule has 1 heterocycles. The second-order valence-electron chi connectivity index (χ2n) is 13.4. The maximum atomic E-state index is 13.6. The van der Waals surface area contributed by atoms with Gasteiger partial charge >= 0.3 is 6.09 Å². The largest absolute Gasteiger partial charge is 0.442 e. The first-order valence-electron chi connectivity index (χ1n) is 16.5. The highest BCUT2D eigenvalue weighted by molar-refractivity contribution is 7.91. The number of aliphatic hydroxyl groups is 1. The predicted molar refractivity (Wildman–Crippen MR) is 186 cm³/mol. The van der Waals surface area contributed by atoms with Crippen molar-refractivity contribution >= 4 is 45.0 Å². The fourth-order valence-corrected chi connectivity index (χ4v) is 6.47. The van der Waals surface area contributed by atoms with Gasteiger partial charge in [0.1, 0.15) is 29.6 Å². The first-order chi connectivity index (χ1) is 22.8. The lowest BCUT2D eigenvalue weighted by Crippen LogP contribution is -2.56. The lowest BCUT2D eigenvalue weighted by Gasteiger charge is -2.30. The molecule has 0 aliphatic heterocycles. The standard InChI is InChI=1S/C32H57N5O10S2/c1-19(2)12-24(26(38)13-22(7)29(39)37-28(21(5)6)31(41)33-14-20(3)4)35-30(40)25(17-49(43,44)18-46-11-10-45-9)36-32(42)47-15-27-34-23(8)16-48-27/h16,19-22,24-26,28,38H,10-15,17-18H2,1-9H3,(H,33,41)(H,35,40)(H,36,42)(H,37,39)/t22-,24-,25+,26+,28-/m1/s1. The van der Waals surface area contributed by atoms with Gasteiger partial charge in [-0.2, -0.15) is 0 Å². The molecule has 0 bridgehead atoms. The number of aliphatic hydroxyl groups excluding tert-OH is 1. The topological polar surface area (TPSA) is 211 Å². The van der Waals surface area contributed by atoms with Gasteiger partial charge in [-0.25, -0.2) is 18.2 Å². The molecule has 1 rings (SSSR count). The van der Waals surface area contributed by atoms with Crippen molar-refractivity contribution in [1.82, 2.24) is 26.3 Å². The number of carbonyl (C=O) groups excluding carboxylic acids is 4. The molecule has 0 aromatic carbocycles. The molecule has 15 nitrogen and oxygen atoms in total. The number of sulfone groups is 1. The van der Waals surface area contributed by atoms with E-state index in [1.807, 2.05) is 41.5 Å². The van der Waals surface area contributed by atoms with E-state index in [2.05, 4.69) is 26.3 Å². The van der Waals surface area contributed by atoms with Crippen LogP contribution in [0.1, 0.15) is 72.0 Å². The molecule has 1 aromatic heterocycles. The molecule has 0 spiro atoms. The molecule has 17 heteroatoms. The highest BCUT2D eigenvalue weighted by atomic mass is 32.2. The normalized spacial score (nSPS) is 15.0. The third-order valence-corrected chi connectivity index (χ3v) is 9.52. The molecule has 0 radical (unpaired) electrons. The van der Waals surface area contributed by atoms with E-state index in [1.165, 1.54) is 18.4 Å². The smallest absolute Gasteiger partial charge is 0.408 e. The van der Waals surface area contributed by atoms with E-state index in [0.717, 1.165) is 5.69 Å². The molecule has 0 fully saturated rings. The van der Waals surface area contributed by atoms with E-state index in [1.54, 1.807) is 19.2 Å². The molecular weight excluding hydrogens is 679 g/mol. The highest BCUT2D eigenvalue weighted by Gasteiger charge is 2.33. The SMILES string of the molecule is COCCOCS(=O)(=O)C[C@H](NC(=O)OCc1nc(C)cs1)C(=O)N[C@H](CC(C)C)[C@@H](O)C[C@@H](C)C(=O)N[C@@H](C(=O)NCC(C)C)C(C)C. The van der Waals surface area contributed by atoms with Gasteiger partial charge in [0.05, 0.1) is 31.1 Å². The van der Waals surface area contributed by atoms with E-state index in [4.69, 9.17) is 14.2 Å². The number of hydrogen-bond donors (Lipinski definition) is 5. The Balaban J connectivity index is 3.08. The summed E-state index contributed by atoms with van der Waals surface area (Å²) in [6.07, 6.45) is -2.05. The monoisotopic (exact) mass is 735 g/mol. The summed E-state index contributed by atoms with van der Waals surface area (Å²) in [4.78, 5) is 56.4. The number of amides is 4. The Bertz CT molecular complexity index is 1290. The van der Waals surface area contributed by atoms with Gasteiger partial charge < -0.3 is 40.6 Å². The molecule has 0 aliphatic rings. The molecule has 0 saturated heterocycles. The lowest BCUT2D eigenvalue weighted by molar-refractivity contribution is -0.132. The molecule has 1 aromatic rings. The minimum Gasteiger partial charge on any atom is -0.442 e. The number of thiazole rings is 1. The van der Waals surface area contributed by atoms with Crippen molar-refractivity contribution in [2.24, 2.45) is 23.7 Å². The summed E-state index contributed by atoms with van der Waals surface area (Å²) < 4.78 is 41.0. The van der Waals surface area contributed by atoms with Crippen LogP contribution < -0.4 is 21.3 Å². The summed E-state index contributed by atoms with van der Waals surface area (Å²) in [5, 5.41) is 24.2. The van der Waals surface area contributed by atoms with Crippen molar-refractivity contribution in [2.75, 3.05) is 38.6 Å². The molecular formula is C32H57N5O10S2. The Hall–Kier alpha value is -2.86. The first-order valence-corrected chi connectivity index (χ1v) is 19.2. The van der Waals surface area contributed by atoms with Gasteiger partial charge in [0.25, 0.3) is 0 Å². The quantitative estimate of drug-likeness (QED) is 0.103. The summed E-state index contributed by atoms with van der Waals surface area (Å²) >= 11 is 1.28. The number of carbonyl (C=O) groups is 4. The van der Waals surface area contributed by atoms with Crippen LogP contribution in [0.3, 0.4) is 0 Å². The van der Waals surface area contributed by atoms with Crippen molar-refractivity contribution in [1.29, 1.82) is 0 Å². The molecule has 282 valence electrons. The fraction of sp³-hybridized carbons (Fsp3) is 0.781. The summed E-state index contributed by atoms with van der Waals surface area (Å²) in [5.74, 6) is -3.85. The number of nitrogens with zero attached hydrogens (tertiary/aromatic N) is 1. The number of hydrogen-bond acceptors (Lipinski definition) is 12. The van der Waals surface area contributed by atoms with Gasteiger partial charge in [0.2, 0.25) is 17.7 Å². The van der Waals surface area contributed by atoms with Gasteiger partial charge in [-0.15, -0.1) is 11.3 Å². The van der Waals surface area contributed by atoms with Crippen LogP contribution in [0.4, 0.5) is 4.79 Å². The Morgan fingerprint density at radius 3 is 2.14 bits per heavy atom. The molecule has 0 unspecified atom stereocenters. The molecule has 49 heavy (non-hydrogen) atoms. The van der Waals surface area contributed by atoms with Gasteiger partial charge in [-0.1, -0.05) is 48.5 Å². The van der Waals surface area contributed by atoms with Crippen molar-refractivity contribution in [3.05, 3.63) is 16.1 Å². The number of ether oxygens (including phenoxy) is 3. The van der Waals surface area contributed by atoms with Crippen LogP contribution in [0, 0.1) is 30.6 Å². The number of aromatic nitrogens is 1. The number of methoxy groups -OCH3 is 1. The number of alkyl carbamates (subject to hydrolysis) is 1. The Morgan fingerprint density at radius 1 is 0.918 bits per heavy atom. The zero-order chi connectivity index (χ0) is 37.3. The van der Waals surface area contributed by atoms with Crippen molar-refractivity contribution in [3.63, 3.8) is 0 Å². The minimum atomic E-state index is -4.03. The molecule has 4 amide bonds. The van der Waals surface area contributed by atoms with Gasteiger partial charge in [-0.05, 0) is 37.5 Å².